The molecule has 0 fully saturated rings. The van der Waals surface area contributed by atoms with Crippen LogP contribution >= 0.6 is 15.9 Å². The Labute approximate surface area is 147 Å². The Hall–Kier alpha value is -2.34. The molecule has 4 nitrogen and oxygen atoms in total. The second-order valence-electron chi connectivity index (χ2n) is 5.42. The molecule has 0 spiro atoms. The number of carbonyl (C=O) groups is 1. The zero-order valence-electron chi connectivity index (χ0n) is 13.5. The molecule has 0 unspecified atom stereocenters. The van der Waals surface area contributed by atoms with E-state index in [0.29, 0.717) is 33.4 Å². The molecule has 0 radical (unpaired) electrons. The molecule has 1 heterocycles. The normalized spacial score (nSPS) is 10.9. The number of anilines is 1. The second kappa shape index (κ2) is 6.28. The molecule has 0 saturated carbocycles. The van der Waals surface area contributed by atoms with Crippen molar-refractivity contribution in [2.24, 2.45) is 0 Å². The SMILES string of the molecule is CNC(=O)c1c(-c2ccc(F)cc2C)oc2cc(NC)c(Br)cc12. The monoisotopic (exact) mass is 390 g/mol. The number of rotatable bonds is 3. The van der Waals surface area contributed by atoms with Crippen LogP contribution in [-0.4, -0.2) is 20.0 Å². The van der Waals surface area contributed by atoms with Gasteiger partial charge in [0.2, 0.25) is 0 Å². The quantitative estimate of drug-likeness (QED) is 0.680. The third-order valence-corrected chi connectivity index (χ3v) is 4.59. The zero-order chi connectivity index (χ0) is 17.4. The van der Waals surface area contributed by atoms with E-state index in [4.69, 9.17) is 4.42 Å². The van der Waals surface area contributed by atoms with Crippen LogP contribution < -0.4 is 10.6 Å². The number of fused-ring (bicyclic) bond motifs is 1. The van der Waals surface area contributed by atoms with E-state index in [-0.39, 0.29) is 11.7 Å². The molecule has 2 aromatic carbocycles. The fourth-order valence-electron chi connectivity index (χ4n) is 2.73. The van der Waals surface area contributed by atoms with Crippen molar-refractivity contribution in [3.63, 3.8) is 0 Å². The van der Waals surface area contributed by atoms with Crippen molar-refractivity contribution < 1.29 is 13.6 Å². The highest BCUT2D eigenvalue weighted by Crippen LogP contribution is 2.39. The Kier molecular flexibility index (Phi) is 4.32. The lowest BCUT2D eigenvalue weighted by molar-refractivity contribution is 0.0964. The first-order valence-corrected chi connectivity index (χ1v) is 8.18. The number of amides is 1. The topological polar surface area (TPSA) is 54.3 Å². The summed E-state index contributed by atoms with van der Waals surface area (Å²) in [7, 11) is 3.37. The lowest BCUT2D eigenvalue weighted by Crippen LogP contribution is -2.18. The van der Waals surface area contributed by atoms with Gasteiger partial charge in [0.05, 0.1) is 11.3 Å². The van der Waals surface area contributed by atoms with Crippen molar-refractivity contribution in [3.8, 4) is 11.3 Å². The highest BCUT2D eigenvalue weighted by Gasteiger charge is 2.23. The van der Waals surface area contributed by atoms with Gasteiger partial charge < -0.3 is 15.1 Å². The fourth-order valence-corrected chi connectivity index (χ4v) is 3.27. The molecule has 3 rings (SSSR count). The molecule has 6 heteroatoms. The number of hydrogen-bond donors (Lipinski definition) is 2. The van der Waals surface area contributed by atoms with Crippen molar-refractivity contribution in [3.05, 3.63) is 51.7 Å². The van der Waals surface area contributed by atoms with Crippen LogP contribution in [0.4, 0.5) is 10.1 Å². The maximum atomic E-state index is 13.4. The van der Waals surface area contributed by atoms with E-state index in [2.05, 4.69) is 26.6 Å². The minimum absolute atomic E-state index is 0.253. The van der Waals surface area contributed by atoms with Gasteiger partial charge in [0.15, 0.2) is 0 Å². The number of hydrogen-bond acceptors (Lipinski definition) is 3. The van der Waals surface area contributed by atoms with Crippen LogP contribution in [0.2, 0.25) is 0 Å². The van der Waals surface area contributed by atoms with Crippen LogP contribution in [0.3, 0.4) is 0 Å². The highest BCUT2D eigenvalue weighted by atomic mass is 79.9. The number of furan rings is 1. The van der Waals surface area contributed by atoms with Crippen molar-refractivity contribution in [1.29, 1.82) is 0 Å². The summed E-state index contributed by atoms with van der Waals surface area (Å²) in [5.41, 5.74) is 3.26. The lowest BCUT2D eigenvalue weighted by atomic mass is 10.0. The minimum atomic E-state index is -0.325. The first-order valence-electron chi connectivity index (χ1n) is 7.38. The van der Waals surface area contributed by atoms with Crippen molar-refractivity contribution in [2.45, 2.75) is 6.92 Å². The number of aryl methyl sites for hydroxylation is 1. The van der Waals surface area contributed by atoms with E-state index in [9.17, 15) is 9.18 Å². The summed E-state index contributed by atoms with van der Waals surface area (Å²) >= 11 is 3.49. The largest absolute Gasteiger partial charge is 0.455 e. The molecule has 0 aliphatic carbocycles. The predicted molar refractivity (Wildman–Crippen MR) is 97.0 cm³/mol. The maximum Gasteiger partial charge on any atom is 0.255 e. The molecule has 0 saturated heterocycles. The van der Waals surface area contributed by atoms with Gasteiger partial charge in [0.25, 0.3) is 5.91 Å². The van der Waals surface area contributed by atoms with Gasteiger partial charge in [-0.2, -0.15) is 0 Å². The lowest BCUT2D eigenvalue weighted by Gasteiger charge is -2.06. The molecule has 0 aliphatic heterocycles. The smallest absolute Gasteiger partial charge is 0.255 e. The van der Waals surface area contributed by atoms with Gasteiger partial charge in [0.1, 0.15) is 17.2 Å². The van der Waals surface area contributed by atoms with Gasteiger partial charge >= 0.3 is 0 Å². The number of carbonyl (C=O) groups excluding carboxylic acids is 1. The molecule has 0 aliphatic rings. The Morgan fingerprint density at radius 1 is 1.21 bits per heavy atom. The molecular weight excluding hydrogens is 375 g/mol. The maximum absolute atomic E-state index is 13.4. The summed E-state index contributed by atoms with van der Waals surface area (Å²) in [4.78, 5) is 12.5. The molecule has 124 valence electrons. The van der Waals surface area contributed by atoms with Gasteiger partial charge in [-0.05, 0) is 52.7 Å². The van der Waals surface area contributed by atoms with Crippen molar-refractivity contribution >= 4 is 38.5 Å². The molecule has 0 atom stereocenters. The summed E-state index contributed by atoms with van der Waals surface area (Å²) in [5.74, 6) is -0.146. The Morgan fingerprint density at radius 3 is 2.58 bits per heavy atom. The van der Waals surface area contributed by atoms with Crippen LogP contribution in [0.1, 0.15) is 15.9 Å². The van der Waals surface area contributed by atoms with E-state index >= 15 is 0 Å². The third-order valence-electron chi connectivity index (χ3n) is 3.93. The van der Waals surface area contributed by atoms with Crippen molar-refractivity contribution in [2.75, 3.05) is 19.4 Å². The van der Waals surface area contributed by atoms with E-state index in [1.807, 2.05) is 12.1 Å². The summed E-state index contributed by atoms with van der Waals surface area (Å²) in [6.07, 6.45) is 0. The van der Waals surface area contributed by atoms with Crippen LogP contribution in [-0.2, 0) is 0 Å². The average Bonchev–Trinajstić information content (AvgIpc) is 2.91. The molecule has 1 amide bonds. The predicted octanol–water partition coefficient (Wildman–Crippen LogP) is 4.71. The van der Waals surface area contributed by atoms with E-state index in [1.54, 1.807) is 27.1 Å². The molecule has 2 N–H and O–H groups in total. The van der Waals surface area contributed by atoms with Gasteiger partial charge in [-0.15, -0.1) is 0 Å². The molecule has 1 aromatic heterocycles. The summed E-state index contributed by atoms with van der Waals surface area (Å²) in [6.45, 7) is 1.79. The Balaban J connectivity index is 2.36. The van der Waals surface area contributed by atoms with E-state index in [1.165, 1.54) is 12.1 Å². The Morgan fingerprint density at radius 2 is 1.96 bits per heavy atom. The van der Waals surface area contributed by atoms with E-state index in [0.717, 1.165) is 10.2 Å². The van der Waals surface area contributed by atoms with Gasteiger partial charge in [-0.3, -0.25) is 4.79 Å². The summed E-state index contributed by atoms with van der Waals surface area (Å²) in [5, 5.41) is 6.40. The second-order valence-corrected chi connectivity index (χ2v) is 6.28. The molecule has 0 bridgehead atoms. The Bertz CT molecular complexity index is 950. The molecule has 24 heavy (non-hydrogen) atoms. The highest BCUT2D eigenvalue weighted by molar-refractivity contribution is 9.10. The minimum Gasteiger partial charge on any atom is -0.455 e. The van der Waals surface area contributed by atoms with Gasteiger partial charge in [-0.1, -0.05) is 0 Å². The van der Waals surface area contributed by atoms with Crippen LogP contribution in [0, 0.1) is 12.7 Å². The van der Waals surface area contributed by atoms with Crippen molar-refractivity contribution in [1.82, 2.24) is 5.32 Å². The van der Waals surface area contributed by atoms with Gasteiger partial charge in [-0.25, -0.2) is 4.39 Å². The molecule has 3 aromatic rings. The number of halogens is 2. The number of benzene rings is 2. The first kappa shape index (κ1) is 16.5. The van der Waals surface area contributed by atoms with Crippen LogP contribution in [0.15, 0.2) is 39.2 Å². The average molecular weight is 391 g/mol. The standard InChI is InChI=1S/C18H16BrFN2O2/c1-9-6-10(20)4-5-11(9)17-16(18(23)22-3)12-7-13(19)14(21-2)8-15(12)24-17/h4-8,21H,1-3H3,(H,22,23). The zero-order valence-corrected chi connectivity index (χ0v) is 15.0. The first-order chi connectivity index (χ1) is 11.5. The molecular formula is C18H16BrFN2O2. The van der Waals surface area contributed by atoms with Gasteiger partial charge in [0, 0.05) is 35.6 Å². The van der Waals surface area contributed by atoms with E-state index < -0.39 is 0 Å². The van der Waals surface area contributed by atoms with Crippen LogP contribution in [0.5, 0.6) is 0 Å². The fraction of sp³-hybridized carbons (Fsp3) is 0.167. The summed E-state index contributed by atoms with van der Waals surface area (Å²) < 4.78 is 20.2. The summed E-state index contributed by atoms with van der Waals surface area (Å²) in [6, 6.07) is 8.08. The number of nitrogens with one attached hydrogen (secondary N) is 2. The van der Waals surface area contributed by atoms with Crippen LogP contribution in [0.25, 0.3) is 22.3 Å². The third kappa shape index (κ3) is 2.67.